The lowest BCUT2D eigenvalue weighted by Crippen LogP contribution is -2.36. The monoisotopic (exact) mass is 707 g/mol. The van der Waals surface area contributed by atoms with E-state index in [1.807, 2.05) is 49.1 Å². The van der Waals surface area contributed by atoms with Gasteiger partial charge in [-0.2, -0.15) is 13.2 Å². The number of alkyl halides is 3. The smallest absolute Gasteiger partial charge is 0.387 e. The first-order valence-corrected chi connectivity index (χ1v) is 16.3. The van der Waals surface area contributed by atoms with Crippen LogP contribution in [0.25, 0.3) is 56.2 Å². The largest absolute Gasteiger partial charge is 0.468 e. The van der Waals surface area contributed by atoms with Gasteiger partial charge in [0, 0.05) is 34.9 Å². The number of oxazole rings is 2. The first-order valence-electron chi connectivity index (χ1n) is 15.8. The van der Waals surface area contributed by atoms with E-state index in [4.69, 9.17) is 34.9 Å². The van der Waals surface area contributed by atoms with Crippen LogP contribution in [0.3, 0.4) is 0 Å². The van der Waals surface area contributed by atoms with Crippen molar-refractivity contribution in [3.05, 3.63) is 88.5 Å². The van der Waals surface area contributed by atoms with Crippen LogP contribution in [0.4, 0.5) is 17.6 Å². The molecule has 0 bridgehead atoms. The van der Waals surface area contributed by atoms with Crippen molar-refractivity contribution in [2.45, 2.75) is 51.8 Å². The summed E-state index contributed by atoms with van der Waals surface area (Å²) in [5, 5.41) is 0. The maximum atomic E-state index is 14.8. The number of nitrogens with zero attached hydrogens (tertiary/aromatic N) is 3. The molecule has 1 aliphatic rings. The third kappa shape index (κ3) is 5.96. The van der Waals surface area contributed by atoms with Crippen LogP contribution in [-0.2, 0) is 22.0 Å². The molecule has 3 heterocycles. The number of methoxy groups -OCH3 is 1. The second-order valence-corrected chi connectivity index (χ2v) is 12.4. The van der Waals surface area contributed by atoms with Crippen molar-refractivity contribution in [2.24, 2.45) is 0 Å². The third-order valence-corrected chi connectivity index (χ3v) is 9.49. The van der Waals surface area contributed by atoms with Gasteiger partial charge in [-0.1, -0.05) is 24.3 Å². The van der Waals surface area contributed by atoms with Gasteiger partial charge in [0.05, 0.1) is 13.0 Å². The number of ether oxygens (including phenoxy) is 2. The van der Waals surface area contributed by atoms with Crippen LogP contribution in [0.2, 0.25) is 0 Å². The summed E-state index contributed by atoms with van der Waals surface area (Å²) in [6.07, 6.45) is 1.37. The molecule has 0 amide bonds. The van der Waals surface area contributed by atoms with Crippen molar-refractivity contribution < 1.29 is 40.7 Å². The quantitative estimate of drug-likeness (QED) is 0.0835. The normalized spacial score (nSPS) is 15.1. The first kappa shape index (κ1) is 33.6. The predicted octanol–water partition coefficient (Wildman–Crippen LogP) is 9.34. The number of esters is 1. The molecule has 0 radical (unpaired) electrons. The van der Waals surface area contributed by atoms with Crippen molar-refractivity contribution >= 4 is 39.8 Å². The van der Waals surface area contributed by atoms with Crippen molar-refractivity contribution in [3.63, 3.8) is 0 Å². The summed E-state index contributed by atoms with van der Waals surface area (Å²) in [4.78, 5) is 23.4. The molecule has 0 unspecified atom stereocenters. The van der Waals surface area contributed by atoms with E-state index in [0.717, 1.165) is 28.7 Å². The molecule has 0 N–H and O–H groups in total. The molecule has 258 valence electrons. The van der Waals surface area contributed by atoms with Gasteiger partial charge >= 0.3 is 12.6 Å². The lowest BCUT2D eigenvalue weighted by molar-refractivity contribution is -0.146. The molecule has 1 fully saturated rings. The minimum absolute atomic E-state index is 0.0126. The zero-order chi connectivity index (χ0) is 35.3. The van der Waals surface area contributed by atoms with Crippen LogP contribution >= 0.6 is 11.6 Å². The summed E-state index contributed by atoms with van der Waals surface area (Å²) >= 11 is 5.79. The van der Waals surface area contributed by atoms with Gasteiger partial charge in [0.2, 0.25) is 17.6 Å². The summed E-state index contributed by atoms with van der Waals surface area (Å²) in [7, 11) is 1.32. The van der Waals surface area contributed by atoms with Gasteiger partial charge in [0.25, 0.3) is 0 Å². The Morgan fingerprint density at radius 3 is 2.18 bits per heavy atom. The fraction of sp³-hybridized carbons (Fsp3) is 0.270. The number of carbonyl (C=O) groups is 1. The topological polar surface area (TPSA) is 90.8 Å². The van der Waals surface area contributed by atoms with Gasteiger partial charge in [0.1, 0.15) is 22.8 Å². The molecule has 1 aliphatic heterocycles. The van der Waals surface area contributed by atoms with Crippen LogP contribution in [0.1, 0.15) is 35.1 Å². The molecule has 50 heavy (non-hydrogen) atoms. The zero-order valence-corrected chi connectivity index (χ0v) is 27.9. The molecule has 1 saturated heterocycles. The Morgan fingerprint density at radius 1 is 0.920 bits per heavy atom. The minimum atomic E-state index is -3.07. The summed E-state index contributed by atoms with van der Waals surface area (Å²) in [6.45, 7) is 1.50. The first-order chi connectivity index (χ1) is 24.1. The molecule has 0 saturated carbocycles. The summed E-state index contributed by atoms with van der Waals surface area (Å²) < 4.78 is 77.8. The molecule has 6 aromatic rings. The van der Waals surface area contributed by atoms with Crippen LogP contribution in [0.5, 0.6) is 5.75 Å². The number of hydrogen-bond acceptors (Lipinski definition) is 8. The summed E-state index contributed by atoms with van der Waals surface area (Å²) in [5.41, 5.74) is 5.50. The molecular formula is C37H30ClF4N3O5. The van der Waals surface area contributed by atoms with Crippen LogP contribution in [0.15, 0.2) is 63.4 Å². The Bertz CT molecular complexity index is 2270. The van der Waals surface area contributed by atoms with E-state index in [1.54, 1.807) is 12.1 Å². The van der Waals surface area contributed by atoms with Gasteiger partial charge in [-0.3, -0.25) is 9.69 Å². The third-order valence-electron chi connectivity index (χ3n) is 9.20. The predicted molar refractivity (Wildman–Crippen MR) is 179 cm³/mol. The van der Waals surface area contributed by atoms with Crippen molar-refractivity contribution in [2.75, 3.05) is 13.7 Å². The Morgan fingerprint density at radius 2 is 1.54 bits per heavy atom. The summed E-state index contributed by atoms with van der Waals surface area (Å²) in [5.74, 6) is -2.47. The van der Waals surface area contributed by atoms with Gasteiger partial charge in [0.15, 0.2) is 17.0 Å². The second kappa shape index (κ2) is 13.4. The maximum absolute atomic E-state index is 14.8. The van der Waals surface area contributed by atoms with E-state index in [0.29, 0.717) is 35.2 Å². The molecule has 1 atom stereocenters. The number of hydrogen-bond donors (Lipinski definition) is 0. The Kier molecular flexibility index (Phi) is 9.00. The zero-order valence-electron chi connectivity index (χ0n) is 27.2. The van der Waals surface area contributed by atoms with Crippen LogP contribution in [0, 0.1) is 25.5 Å². The Balaban J connectivity index is 1.26. The van der Waals surface area contributed by atoms with Gasteiger partial charge in [-0.05, 0) is 79.8 Å². The Labute approximate surface area is 288 Å². The fourth-order valence-electron chi connectivity index (χ4n) is 6.67. The van der Waals surface area contributed by atoms with E-state index in [-0.39, 0.29) is 58.2 Å². The molecule has 0 aliphatic carbocycles. The summed E-state index contributed by atoms with van der Waals surface area (Å²) in [6, 6.07) is 15.1. The van der Waals surface area contributed by atoms with Crippen molar-refractivity contribution in [1.29, 1.82) is 0 Å². The fourth-order valence-corrected chi connectivity index (χ4v) is 6.86. The minimum Gasteiger partial charge on any atom is -0.468 e. The van der Waals surface area contributed by atoms with Crippen molar-refractivity contribution in [3.8, 4) is 39.8 Å². The highest BCUT2D eigenvalue weighted by Gasteiger charge is 2.32. The van der Waals surface area contributed by atoms with Crippen LogP contribution < -0.4 is 4.74 Å². The highest BCUT2D eigenvalue weighted by molar-refractivity contribution is 6.17. The number of aromatic nitrogens is 2. The molecular weight excluding hydrogens is 678 g/mol. The van der Waals surface area contributed by atoms with E-state index in [9.17, 15) is 22.4 Å². The molecule has 13 heteroatoms. The molecule has 8 nitrogen and oxygen atoms in total. The van der Waals surface area contributed by atoms with Crippen molar-refractivity contribution in [1.82, 2.24) is 14.9 Å². The average molecular weight is 708 g/mol. The number of likely N-dealkylation sites (tertiary alicyclic amines) is 1. The highest BCUT2D eigenvalue weighted by atomic mass is 35.5. The highest BCUT2D eigenvalue weighted by Crippen LogP contribution is 2.39. The molecule has 0 spiro atoms. The number of fused-ring (bicyclic) bond motifs is 2. The molecule has 4 aromatic carbocycles. The number of benzene rings is 4. The van der Waals surface area contributed by atoms with E-state index >= 15 is 0 Å². The molecule has 7 rings (SSSR count). The Hall–Kier alpha value is -4.94. The second-order valence-electron chi connectivity index (χ2n) is 12.1. The average Bonchev–Trinajstić information content (AvgIpc) is 3.85. The van der Waals surface area contributed by atoms with E-state index in [2.05, 4.69) is 4.98 Å². The number of carbonyl (C=O) groups excluding carboxylic acids is 1. The van der Waals surface area contributed by atoms with E-state index in [1.165, 1.54) is 19.2 Å². The van der Waals surface area contributed by atoms with Gasteiger partial charge in [-0.15, -0.1) is 11.6 Å². The number of halogens is 5. The standard InChI is InChI=1S/C37H30ClF4N3O5/c1-18-22(23-8-5-10-25(19(23)2)35-44-27-13-20(16-38)31(39)32(40)33(27)50-35)7-4-9-24(18)34-43-26-14-21(29(49-37(41)42)15-30(26)48-34)17-45-12-6-11-28(45)36(46)47-3/h4-5,7-10,13-15,28,37H,6,11-12,16-17H2,1-3H3/t28-/m0/s1. The number of rotatable bonds is 9. The lowest BCUT2D eigenvalue weighted by Gasteiger charge is -2.23. The van der Waals surface area contributed by atoms with E-state index < -0.39 is 24.3 Å². The molecule has 2 aromatic heterocycles. The van der Waals surface area contributed by atoms with Crippen LogP contribution in [-0.4, -0.2) is 47.1 Å². The van der Waals surface area contributed by atoms with Gasteiger partial charge < -0.3 is 18.3 Å². The lowest BCUT2D eigenvalue weighted by atomic mass is 9.91. The maximum Gasteiger partial charge on any atom is 0.387 e. The SMILES string of the molecule is COC(=O)[C@@H]1CCCN1Cc1cc2nc(-c3cccc(-c4cccc(-c5nc6cc(CCl)c(F)c(F)c6o5)c4C)c3C)oc2cc1OC(F)F. The van der Waals surface area contributed by atoms with Gasteiger partial charge in [-0.25, -0.2) is 14.4 Å².